The van der Waals surface area contributed by atoms with Gasteiger partial charge in [-0.3, -0.25) is 4.79 Å². The van der Waals surface area contributed by atoms with Crippen LogP contribution in [-0.2, 0) is 4.79 Å². The largest absolute Gasteiger partial charge is 0.481 e. The van der Waals surface area contributed by atoms with Gasteiger partial charge < -0.3 is 5.11 Å². The van der Waals surface area contributed by atoms with Crippen molar-refractivity contribution in [1.29, 1.82) is 0 Å². The van der Waals surface area contributed by atoms with Gasteiger partial charge in [-0.2, -0.15) is 13.2 Å². The Morgan fingerprint density at radius 3 is 2.11 bits per heavy atom. The summed E-state index contributed by atoms with van der Waals surface area (Å²) in [7, 11) is 0. The summed E-state index contributed by atoms with van der Waals surface area (Å²) in [6, 6.07) is 0.636. The molecule has 1 rings (SSSR count). The first kappa shape index (κ1) is 14.3. The molecule has 2 nitrogen and oxygen atoms in total. The monoisotopic (exact) mass is 272 g/mol. The number of carboxylic acid groups (broad SMARTS) is 1. The Morgan fingerprint density at radius 2 is 1.67 bits per heavy atom. The average Bonchev–Trinajstić information content (AvgIpc) is 2.21. The van der Waals surface area contributed by atoms with Crippen LogP contribution in [0.1, 0.15) is 17.9 Å². The van der Waals surface area contributed by atoms with Crippen LogP contribution in [0.2, 0.25) is 0 Å². The lowest BCUT2D eigenvalue weighted by Gasteiger charge is -2.20. The van der Waals surface area contributed by atoms with Crippen molar-refractivity contribution in [2.45, 2.75) is 18.5 Å². The highest BCUT2D eigenvalue weighted by Crippen LogP contribution is 2.40. The Kier molecular flexibility index (Phi) is 3.88. The molecule has 0 aliphatic rings. The van der Waals surface area contributed by atoms with Crippen molar-refractivity contribution in [3.63, 3.8) is 0 Å². The van der Waals surface area contributed by atoms with E-state index in [1.807, 2.05) is 0 Å². The molecule has 0 radical (unpaired) electrons. The van der Waals surface area contributed by atoms with E-state index in [9.17, 15) is 31.1 Å². The minimum absolute atomic E-state index is 0.314. The molecule has 0 bridgehead atoms. The van der Waals surface area contributed by atoms with Crippen molar-refractivity contribution in [1.82, 2.24) is 0 Å². The summed E-state index contributed by atoms with van der Waals surface area (Å²) in [6.45, 7) is 0. The van der Waals surface area contributed by atoms with Crippen molar-refractivity contribution in [3.8, 4) is 0 Å². The summed E-state index contributed by atoms with van der Waals surface area (Å²) in [6.07, 6.45) is -6.78. The Balaban J connectivity index is 3.38. The summed E-state index contributed by atoms with van der Waals surface area (Å²) in [5, 5.41) is 8.32. The van der Waals surface area contributed by atoms with Gasteiger partial charge in [-0.1, -0.05) is 0 Å². The van der Waals surface area contributed by atoms with E-state index in [1.54, 1.807) is 0 Å². The lowest BCUT2D eigenvalue weighted by molar-refractivity contribution is -0.164. The number of carboxylic acids is 1. The van der Waals surface area contributed by atoms with Crippen LogP contribution in [-0.4, -0.2) is 17.3 Å². The maximum atomic E-state index is 13.2. The van der Waals surface area contributed by atoms with E-state index in [2.05, 4.69) is 0 Å². The molecule has 0 amide bonds. The number of hydrogen-bond donors (Lipinski definition) is 1. The van der Waals surface area contributed by atoms with Crippen LogP contribution in [0.25, 0.3) is 0 Å². The third-order valence-corrected chi connectivity index (χ3v) is 2.20. The average molecular weight is 272 g/mol. The van der Waals surface area contributed by atoms with Crippen molar-refractivity contribution >= 4 is 5.97 Å². The highest BCUT2D eigenvalue weighted by Gasteiger charge is 2.45. The zero-order valence-corrected chi connectivity index (χ0v) is 8.56. The molecule has 100 valence electrons. The molecule has 0 aromatic heterocycles. The van der Waals surface area contributed by atoms with Gasteiger partial charge in [0, 0.05) is 5.56 Å². The summed E-state index contributed by atoms with van der Waals surface area (Å²) in [5.74, 6) is -10.2. The summed E-state index contributed by atoms with van der Waals surface area (Å²) in [4.78, 5) is 10.3. The van der Waals surface area contributed by atoms with Gasteiger partial charge in [0.25, 0.3) is 0 Å². The van der Waals surface area contributed by atoms with Gasteiger partial charge in [0.15, 0.2) is 11.6 Å². The number of aliphatic carboxylic acids is 1. The van der Waals surface area contributed by atoms with E-state index in [0.29, 0.717) is 12.1 Å². The van der Waals surface area contributed by atoms with Gasteiger partial charge in [0.1, 0.15) is 5.82 Å². The third kappa shape index (κ3) is 2.93. The molecule has 0 heterocycles. The van der Waals surface area contributed by atoms with Gasteiger partial charge in [0.2, 0.25) is 0 Å². The molecular formula is C10H6F6O2. The normalized spacial score (nSPS) is 13.4. The molecule has 1 atom stereocenters. The van der Waals surface area contributed by atoms with Crippen molar-refractivity contribution < 1.29 is 36.2 Å². The standard InChI is InChI=1S/C10H6F6O2/c11-5-1-2-6(12)9(13)8(5)4(3-7(17)18)10(14,15)16/h1-2,4H,3H2,(H,17,18). The minimum atomic E-state index is -5.20. The molecule has 0 spiro atoms. The first-order valence-electron chi connectivity index (χ1n) is 4.56. The molecule has 1 N–H and O–H groups in total. The van der Waals surface area contributed by atoms with Gasteiger partial charge in [0.05, 0.1) is 12.3 Å². The number of alkyl halides is 3. The number of hydrogen-bond acceptors (Lipinski definition) is 1. The second-order valence-corrected chi connectivity index (χ2v) is 3.45. The van der Waals surface area contributed by atoms with Crippen LogP contribution in [0, 0.1) is 17.5 Å². The SMILES string of the molecule is O=C(O)CC(c1c(F)ccc(F)c1F)C(F)(F)F. The predicted molar refractivity (Wildman–Crippen MR) is 47.4 cm³/mol. The van der Waals surface area contributed by atoms with Crippen LogP contribution in [0.4, 0.5) is 26.3 Å². The van der Waals surface area contributed by atoms with Gasteiger partial charge in [-0.15, -0.1) is 0 Å². The van der Waals surface area contributed by atoms with E-state index in [0.717, 1.165) is 0 Å². The van der Waals surface area contributed by atoms with E-state index >= 15 is 0 Å². The fourth-order valence-corrected chi connectivity index (χ4v) is 1.42. The minimum Gasteiger partial charge on any atom is -0.481 e. The van der Waals surface area contributed by atoms with Gasteiger partial charge in [-0.25, -0.2) is 13.2 Å². The smallest absolute Gasteiger partial charge is 0.396 e. The van der Waals surface area contributed by atoms with E-state index in [1.165, 1.54) is 0 Å². The zero-order valence-electron chi connectivity index (χ0n) is 8.56. The molecule has 1 unspecified atom stereocenters. The van der Waals surface area contributed by atoms with E-state index in [4.69, 9.17) is 5.11 Å². The third-order valence-electron chi connectivity index (χ3n) is 2.20. The lowest BCUT2D eigenvalue weighted by atomic mass is 9.94. The fourth-order valence-electron chi connectivity index (χ4n) is 1.42. The molecule has 0 saturated heterocycles. The molecule has 8 heteroatoms. The Hall–Kier alpha value is -1.73. The molecule has 0 saturated carbocycles. The van der Waals surface area contributed by atoms with Crippen molar-refractivity contribution in [3.05, 3.63) is 35.1 Å². The number of rotatable bonds is 3. The van der Waals surface area contributed by atoms with Crippen LogP contribution in [0.3, 0.4) is 0 Å². The maximum absolute atomic E-state index is 13.2. The van der Waals surface area contributed by atoms with Crippen molar-refractivity contribution in [2.75, 3.05) is 0 Å². The summed E-state index contributed by atoms with van der Waals surface area (Å²) < 4.78 is 76.8. The molecular weight excluding hydrogens is 266 g/mol. The second kappa shape index (κ2) is 4.87. The molecule has 0 aliphatic heterocycles. The van der Waals surface area contributed by atoms with Gasteiger partial charge >= 0.3 is 12.1 Å². The number of benzene rings is 1. The molecule has 0 fully saturated rings. The molecule has 18 heavy (non-hydrogen) atoms. The Labute approximate surface area is 96.8 Å². The van der Waals surface area contributed by atoms with Crippen LogP contribution >= 0.6 is 0 Å². The van der Waals surface area contributed by atoms with E-state index in [-0.39, 0.29) is 0 Å². The topological polar surface area (TPSA) is 37.3 Å². The molecule has 0 aliphatic carbocycles. The maximum Gasteiger partial charge on any atom is 0.396 e. The highest BCUT2D eigenvalue weighted by molar-refractivity contribution is 5.68. The fraction of sp³-hybridized carbons (Fsp3) is 0.300. The Morgan fingerprint density at radius 1 is 1.17 bits per heavy atom. The zero-order chi connectivity index (χ0) is 14.1. The molecule has 1 aromatic carbocycles. The van der Waals surface area contributed by atoms with Crippen molar-refractivity contribution in [2.24, 2.45) is 0 Å². The van der Waals surface area contributed by atoms with Crippen LogP contribution in [0.15, 0.2) is 12.1 Å². The van der Waals surface area contributed by atoms with Crippen LogP contribution in [0.5, 0.6) is 0 Å². The summed E-state index contributed by atoms with van der Waals surface area (Å²) >= 11 is 0. The quantitative estimate of drug-likeness (QED) is 0.677. The highest BCUT2D eigenvalue weighted by atomic mass is 19.4. The van der Waals surface area contributed by atoms with E-state index < -0.39 is 47.5 Å². The predicted octanol–water partition coefficient (Wildman–Crippen LogP) is 3.22. The summed E-state index contributed by atoms with van der Waals surface area (Å²) in [5.41, 5.74) is -1.62. The number of halogens is 6. The molecule has 1 aromatic rings. The van der Waals surface area contributed by atoms with Gasteiger partial charge in [-0.05, 0) is 12.1 Å². The lowest BCUT2D eigenvalue weighted by Crippen LogP contribution is -2.26. The van der Waals surface area contributed by atoms with Crippen LogP contribution < -0.4 is 0 Å². The first-order valence-corrected chi connectivity index (χ1v) is 4.56. The first-order chi connectivity index (χ1) is 8.14. The Bertz CT molecular complexity index is 468. The second-order valence-electron chi connectivity index (χ2n) is 3.45. The number of carbonyl (C=O) groups is 1.